The van der Waals surface area contributed by atoms with Gasteiger partial charge in [0.15, 0.2) is 0 Å². The number of hydrogen-bond donors (Lipinski definition) is 4. The minimum Gasteiger partial charge on any atom is -0.508 e. The molecular formula is C50H53Cl3N8O9. The summed E-state index contributed by atoms with van der Waals surface area (Å²) in [7, 11) is 0. The second-order valence-corrected chi connectivity index (χ2v) is 16.8. The summed E-state index contributed by atoms with van der Waals surface area (Å²) in [6.45, 7) is 12.6. The van der Waals surface area contributed by atoms with Gasteiger partial charge in [-0.05, 0) is 142 Å². The smallest absolute Gasteiger partial charge is 0.311 e. The summed E-state index contributed by atoms with van der Waals surface area (Å²) in [5.41, 5.74) is 4.62. The summed E-state index contributed by atoms with van der Waals surface area (Å²) < 4.78 is 22.6. The number of aliphatic hydroxyl groups is 1. The van der Waals surface area contributed by atoms with Gasteiger partial charge in [0.2, 0.25) is 28.8 Å². The van der Waals surface area contributed by atoms with E-state index in [0.717, 1.165) is 6.42 Å². The van der Waals surface area contributed by atoms with Crippen molar-refractivity contribution in [3.05, 3.63) is 117 Å². The van der Waals surface area contributed by atoms with Crippen LogP contribution in [-0.2, 0) is 19.1 Å². The number of carbonyl (C=O) groups excluding carboxylic acids is 3. The molecule has 4 aromatic carbocycles. The second-order valence-electron chi connectivity index (χ2n) is 15.6. The van der Waals surface area contributed by atoms with Gasteiger partial charge >= 0.3 is 11.9 Å². The Morgan fingerprint density at radius 2 is 1.11 bits per heavy atom. The fourth-order valence-electron chi connectivity index (χ4n) is 6.30. The number of hydrogen-bond acceptors (Lipinski definition) is 17. The number of esters is 2. The Morgan fingerprint density at radius 1 is 0.671 bits per heavy atom. The first-order valence-corrected chi connectivity index (χ1v) is 23.3. The highest BCUT2D eigenvalue weighted by atomic mass is 35.5. The fraction of sp³-hybridized carbons (Fsp3) is 0.340. The first kappa shape index (κ1) is 55.6. The number of halogens is 3. The third-order valence-electron chi connectivity index (χ3n) is 10.1. The molecule has 0 saturated carbocycles. The summed E-state index contributed by atoms with van der Waals surface area (Å²) in [5.74, 6) is 0.833. The number of phenols is 1. The van der Waals surface area contributed by atoms with Crippen LogP contribution in [0.3, 0.4) is 0 Å². The molecule has 4 atom stereocenters. The van der Waals surface area contributed by atoms with Gasteiger partial charge in [0, 0.05) is 41.8 Å². The molecule has 2 aromatic heterocycles. The number of nitrogens with one attached hydrogen (secondary N) is 2. The topological polar surface area (TPSA) is 260 Å². The average molecular weight is 1020 g/mol. The summed E-state index contributed by atoms with van der Waals surface area (Å²) in [4.78, 5) is 33.7. The van der Waals surface area contributed by atoms with Crippen molar-refractivity contribution in [2.24, 2.45) is 0 Å². The van der Waals surface area contributed by atoms with Crippen LogP contribution in [0.15, 0.2) is 81.6 Å². The van der Waals surface area contributed by atoms with Gasteiger partial charge in [-0.2, -0.15) is 10.5 Å². The van der Waals surface area contributed by atoms with E-state index in [9.17, 15) is 29.9 Å². The number of aromatic nitrogens is 4. The lowest BCUT2D eigenvalue weighted by atomic mass is 10.1. The Morgan fingerprint density at radius 3 is 1.54 bits per heavy atom. The van der Waals surface area contributed by atoms with Crippen molar-refractivity contribution in [1.29, 1.82) is 10.5 Å². The molecule has 0 amide bonds. The van der Waals surface area contributed by atoms with Gasteiger partial charge in [-0.15, -0.1) is 20.4 Å². The number of aromatic hydroxyl groups is 1. The maximum atomic E-state index is 12.2. The van der Waals surface area contributed by atoms with Crippen molar-refractivity contribution in [1.82, 2.24) is 20.4 Å². The molecule has 6 aromatic rings. The molecule has 0 fully saturated rings. The molecule has 17 nitrogen and oxygen atoms in total. The van der Waals surface area contributed by atoms with Crippen LogP contribution >= 0.6 is 34.8 Å². The lowest BCUT2D eigenvalue weighted by molar-refractivity contribution is -0.149. The van der Waals surface area contributed by atoms with Crippen molar-refractivity contribution in [2.75, 3.05) is 10.6 Å². The number of ether oxygens (including phenoxy) is 2. The first-order valence-electron chi connectivity index (χ1n) is 22.2. The third kappa shape index (κ3) is 15.8. The van der Waals surface area contributed by atoms with Gasteiger partial charge in [-0.3, -0.25) is 14.4 Å². The lowest BCUT2D eigenvalue weighted by Gasteiger charge is -2.24. The zero-order valence-electron chi connectivity index (χ0n) is 39.5. The van der Waals surface area contributed by atoms with Crippen LogP contribution in [0.1, 0.15) is 119 Å². The van der Waals surface area contributed by atoms with E-state index < -0.39 is 24.3 Å². The molecule has 0 bridgehead atoms. The van der Waals surface area contributed by atoms with Crippen LogP contribution in [0.25, 0.3) is 22.9 Å². The molecule has 0 saturated heterocycles. The van der Waals surface area contributed by atoms with E-state index in [1.54, 1.807) is 88.4 Å². The molecule has 0 aliphatic rings. The molecule has 0 aliphatic carbocycles. The fourth-order valence-corrected chi connectivity index (χ4v) is 6.91. The molecule has 6 rings (SSSR count). The van der Waals surface area contributed by atoms with E-state index in [1.807, 2.05) is 26.8 Å². The van der Waals surface area contributed by atoms with Crippen LogP contribution in [0, 0.1) is 36.5 Å². The molecule has 368 valence electrons. The maximum Gasteiger partial charge on any atom is 0.311 e. The Labute approximate surface area is 420 Å². The lowest BCUT2D eigenvalue weighted by Crippen LogP contribution is -2.28. The Balaban J connectivity index is 0.000000282. The molecule has 0 unspecified atom stereocenters. The quantitative estimate of drug-likeness (QED) is 0.0354. The van der Waals surface area contributed by atoms with E-state index in [-0.39, 0.29) is 52.9 Å². The number of aliphatic hydroxyl groups excluding tert-OH is 1. The third-order valence-corrected chi connectivity index (χ3v) is 11.3. The maximum absolute atomic E-state index is 12.2. The van der Waals surface area contributed by atoms with E-state index >= 15 is 0 Å². The summed E-state index contributed by atoms with van der Waals surface area (Å²) in [6.07, 6.45) is 1.83. The van der Waals surface area contributed by atoms with E-state index in [0.29, 0.717) is 86.2 Å². The largest absolute Gasteiger partial charge is 0.508 e. The zero-order valence-corrected chi connectivity index (χ0v) is 41.8. The number of rotatable bonds is 18. The van der Waals surface area contributed by atoms with Gasteiger partial charge < -0.3 is 39.2 Å². The minimum atomic E-state index is -0.841. The van der Waals surface area contributed by atoms with Crippen LogP contribution in [0.2, 0.25) is 10.0 Å². The summed E-state index contributed by atoms with van der Waals surface area (Å²) in [5, 5.41) is 61.2. The van der Waals surface area contributed by atoms with Crippen LogP contribution < -0.4 is 15.4 Å². The number of nitrogens with zero attached hydrogens (tertiary/aromatic N) is 6. The molecular weight excluding hydrogens is 963 g/mol. The highest BCUT2D eigenvalue weighted by Gasteiger charge is 2.30. The molecule has 70 heavy (non-hydrogen) atoms. The Hall–Kier alpha value is -7.02. The number of anilines is 2. The molecule has 20 heteroatoms. The normalized spacial score (nSPS) is 12.2. The Bertz CT molecular complexity index is 2790. The number of phenolic OH excluding ortho intramolecular Hbond substituents is 1. The van der Waals surface area contributed by atoms with Crippen LogP contribution in [-0.4, -0.2) is 60.0 Å². The van der Waals surface area contributed by atoms with E-state index in [1.165, 1.54) is 12.1 Å². The van der Waals surface area contributed by atoms with Gasteiger partial charge in [0.1, 0.15) is 41.8 Å². The Kier molecular flexibility index (Phi) is 21.6. The molecule has 2 heterocycles. The highest BCUT2D eigenvalue weighted by Crippen LogP contribution is 2.34. The monoisotopic (exact) mass is 1010 g/mol. The standard InChI is InChI=1S/C27H29ClN4O5.C19H17ClN4O3.C4H7ClO/c1-5-7-22(33)35-17(4)25(30-21-14-11-19(15-29)24(28)16(21)3)27-32-31-26(37-27)18-9-12-20(13-10-18)36-23(34)8-6-2;1-10-15(8-5-13(9-21)16(10)20)22-17(11(2)25)19-24-23-18(27-19)12-3-6-14(26)7-4-12;1-2-3-4(5)6/h9-14,17,25,30H,5-8H2,1-4H3;3-8,11,17,22,25-26H,1-2H3;2-3H2,1H3/t17-,25+;11-,17+;/m00./s1. The number of carbonyl (C=O) groups is 3. The van der Waals surface area contributed by atoms with Crippen LogP contribution in [0.4, 0.5) is 11.4 Å². The predicted octanol–water partition coefficient (Wildman–Crippen LogP) is 11.5. The van der Waals surface area contributed by atoms with Gasteiger partial charge in [-0.1, -0.05) is 44.0 Å². The SMILES string of the molecule is CCCC(=O)Cl.CCCC(=O)Oc1ccc(-c2nnc([C@H](Nc3ccc(C#N)c(Cl)c3C)[C@H](C)OC(=O)CCC)o2)cc1.Cc1c(N[C@@H](c2nnc(-c3ccc(O)cc3)o2)[C@H](C)O)ccc(C#N)c1Cl. The summed E-state index contributed by atoms with van der Waals surface area (Å²) in [6, 6.07) is 22.4. The molecule has 0 radical (unpaired) electrons. The minimum absolute atomic E-state index is 0.134. The van der Waals surface area contributed by atoms with Gasteiger partial charge in [0.25, 0.3) is 0 Å². The van der Waals surface area contributed by atoms with Crippen molar-refractivity contribution >= 4 is 63.4 Å². The van der Waals surface area contributed by atoms with Gasteiger partial charge in [-0.25, -0.2) is 0 Å². The second kappa shape index (κ2) is 27.2. The zero-order chi connectivity index (χ0) is 51.5. The van der Waals surface area contributed by atoms with Crippen molar-refractivity contribution in [3.63, 3.8) is 0 Å². The van der Waals surface area contributed by atoms with Crippen LogP contribution in [0.5, 0.6) is 11.5 Å². The van der Waals surface area contributed by atoms with Gasteiger partial charge in [0.05, 0.1) is 27.3 Å². The van der Waals surface area contributed by atoms with E-state index in [2.05, 4.69) is 37.1 Å². The number of benzene rings is 4. The average Bonchev–Trinajstić information content (AvgIpc) is 4.02. The molecule has 0 spiro atoms. The highest BCUT2D eigenvalue weighted by molar-refractivity contribution is 6.63. The van der Waals surface area contributed by atoms with Crippen molar-refractivity contribution in [2.45, 2.75) is 111 Å². The predicted molar refractivity (Wildman–Crippen MR) is 264 cm³/mol. The molecule has 0 aliphatic heterocycles. The number of nitriles is 2. The van der Waals surface area contributed by atoms with Crippen molar-refractivity contribution in [3.8, 4) is 46.5 Å². The van der Waals surface area contributed by atoms with E-state index in [4.69, 9.17) is 58.4 Å². The summed E-state index contributed by atoms with van der Waals surface area (Å²) >= 11 is 17.5. The molecule has 4 N–H and O–H groups in total. The van der Waals surface area contributed by atoms with Crippen molar-refractivity contribution < 1.29 is 42.9 Å². The first-order chi connectivity index (χ1) is 33.4.